The normalized spacial score (nSPS) is 18.8. The van der Waals surface area contributed by atoms with Crippen molar-refractivity contribution in [1.82, 2.24) is 5.32 Å². The van der Waals surface area contributed by atoms with Gasteiger partial charge < -0.3 is 16.2 Å². The summed E-state index contributed by atoms with van der Waals surface area (Å²) in [5.41, 5.74) is 6.10. The Kier molecular flexibility index (Phi) is 3.99. The first-order valence-corrected chi connectivity index (χ1v) is 6.39. The summed E-state index contributed by atoms with van der Waals surface area (Å²) in [7, 11) is 0. The summed E-state index contributed by atoms with van der Waals surface area (Å²) in [6, 6.07) is 9.33. The van der Waals surface area contributed by atoms with Gasteiger partial charge in [0, 0.05) is 13.1 Å². The average Bonchev–Trinajstić information content (AvgIpc) is 2.36. The van der Waals surface area contributed by atoms with Crippen molar-refractivity contribution in [3.8, 4) is 0 Å². The minimum Gasteiger partial charge on any atom is -0.387 e. The molecule has 98 valence electrons. The first-order valence-electron chi connectivity index (χ1n) is 6.39. The van der Waals surface area contributed by atoms with E-state index in [1.807, 2.05) is 30.3 Å². The summed E-state index contributed by atoms with van der Waals surface area (Å²) in [6.07, 6.45) is 2.12. The summed E-state index contributed by atoms with van der Waals surface area (Å²) in [4.78, 5) is 12.0. The SMILES string of the molecule is NCC1(C(=O)NCC(O)c2ccccc2)CCC1. The number of nitrogens with one attached hydrogen (secondary N) is 1. The maximum Gasteiger partial charge on any atom is 0.227 e. The lowest BCUT2D eigenvalue weighted by atomic mass is 9.68. The van der Waals surface area contributed by atoms with Crippen LogP contribution in [0.25, 0.3) is 0 Å². The Labute approximate surface area is 107 Å². The van der Waals surface area contributed by atoms with Crippen molar-refractivity contribution in [2.75, 3.05) is 13.1 Å². The van der Waals surface area contributed by atoms with E-state index in [1.165, 1.54) is 0 Å². The number of amides is 1. The van der Waals surface area contributed by atoms with Gasteiger partial charge in [-0.25, -0.2) is 0 Å². The molecule has 1 fully saturated rings. The molecule has 0 aromatic heterocycles. The van der Waals surface area contributed by atoms with Crippen LogP contribution in [-0.2, 0) is 4.79 Å². The lowest BCUT2D eigenvalue weighted by molar-refractivity contribution is -0.135. The summed E-state index contributed by atoms with van der Waals surface area (Å²) in [5, 5.41) is 12.8. The van der Waals surface area contributed by atoms with Crippen LogP contribution in [0.5, 0.6) is 0 Å². The topological polar surface area (TPSA) is 75.4 Å². The van der Waals surface area contributed by atoms with Crippen molar-refractivity contribution in [2.45, 2.75) is 25.4 Å². The molecular formula is C14H20N2O2. The number of hydrogen-bond donors (Lipinski definition) is 3. The van der Waals surface area contributed by atoms with Crippen molar-refractivity contribution < 1.29 is 9.90 Å². The number of hydrogen-bond acceptors (Lipinski definition) is 3. The second kappa shape index (κ2) is 5.50. The lowest BCUT2D eigenvalue weighted by Gasteiger charge is -2.39. The molecule has 4 heteroatoms. The number of aliphatic hydroxyl groups is 1. The zero-order valence-corrected chi connectivity index (χ0v) is 10.4. The molecule has 1 saturated carbocycles. The smallest absolute Gasteiger partial charge is 0.227 e. The van der Waals surface area contributed by atoms with Gasteiger partial charge in [0.05, 0.1) is 11.5 Å². The van der Waals surface area contributed by atoms with Crippen LogP contribution in [0.4, 0.5) is 0 Å². The molecule has 0 aliphatic heterocycles. The van der Waals surface area contributed by atoms with E-state index in [-0.39, 0.29) is 17.9 Å². The van der Waals surface area contributed by atoms with Crippen molar-refractivity contribution in [2.24, 2.45) is 11.1 Å². The Morgan fingerprint density at radius 3 is 2.56 bits per heavy atom. The third-order valence-electron chi connectivity index (χ3n) is 3.82. The van der Waals surface area contributed by atoms with E-state index in [9.17, 15) is 9.90 Å². The third kappa shape index (κ3) is 2.54. The van der Waals surface area contributed by atoms with Crippen LogP contribution in [0.3, 0.4) is 0 Å². The summed E-state index contributed by atoms with van der Waals surface area (Å²) >= 11 is 0. The lowest BCUT2D eigenvalue weighted by Crippen LogP contribution is -2.51. The molecule has 1 aliphatic carbocycles. The summed E-state index contributed by atoms with van der Waals surface area (Å²) in [5.74, 6) is -0.0220. The van der Waals surface area contributed by atoms with Gasteiger partial charge in [-0.2, -0.15) is 0 Å². The monoisotopic (exact) mass is 248 g/mol. The molecule has 0 saturated heterocycles. The predicted octanol–water partition coefficient (Wildman–Crippen LogP) is 0.965. The fourth-order valence-corrected chi connectivity index (χ4v) is 2.30. The highest BCUT2D eigenvalue weighted by molar-refractivity contribution is 5.83. The van der Waals surface area contributed by atoms with Gasteiger partial charge >= 0.3 is 0 Å². The van der Waals surface area contributed by atoms with E-state index in [2.05, 4.69) is 5.32 Å². The second-order valence-electron chi connectivity index (χ2n) is 4.97. The van der Waals surface area contributed by atoms with Crippen molar-refractivity contribution in [3.05, 3.63) is 35.9 Å². The molecule has 1 amide bonds. The van der Waals surface area contributed by atoms with Crippen molar-refractivity contribution in [1.29, 1.82) is 0 Å². The maximum absolute atomic E-state index is 12.0. The predicted molar refractivity (Wildman–Crippen MR) is 69.7 cm³/mol. The zero-order chi connectivity index (χ0) is 13.0. The average molecular weight is 248 g/mol. The first kappa shape index (κ1) is 13.1. The van der Waals surface area contributed by atoms with Crippen LogP contribution in [0.1, 0.15) is 30.9 Å². The minimum absolute atomic E-state index is 0.0220. The van der Waals surface area contributed by atoms with Crippen molar-refractivity contribution >= 4 is 5.91 Å². The third-order valence-corrected chi connectivity index (χ3v) is 3.82. The minimum atomic E-state index is -0.662. The molecule has 1 unspecified atom stereocenters. The molecule has 1 aromatic carbocycles. The Bertz CT molecular complexity index is 396. The molecule has 18 heavy (non-hydrogen) atoms. The second-order valence-corrected chi connectivity index (χ2v) is 4.97. The van der Waals surface area contributed by atoms with Crippen LogP contribution in [0.15, 0.2) is 30.3 Å². The van der Waals surface area contributed by atoms with Gasteiger partial charge in [0.25, 0.3) is 0 Å². The number of benzene rings is 1. The van der Waals surface area contributed by atoms with Gasteiger partial charge in [-0.05, 0) is 18.4 Å². The van der Waals surface area contributed by atoms with Crippen LogP contribution in [-0.4, -0.2) is 24.1 Å². The Hall–Kier alpha value is -1.39. The molecule has 4 N–H and O–H groups in total. The molecule has 0 heterocycles. The highest BCUT2D eigenvalue weighted by Gasteiger charge is 2.42. The Morgan fingerprint density at radius 2 is 2.06 bits per heavy atom. The van der Waals surface area contributed by atoms with Gasteiger partial charge in [-0.15, -0.1) is 0 Å². The Balaban J connectivity index is 1.86. The molecule has 0 radical (unpaired) electrons. The fourth-order valence-electron chi connectivity index (χ4n) is 2.30. The van der Waals surface area contributed by atoms with E-state index >= 15 is 0 Å². The molecule has 1 aliphatic rings. The van der Waals surface area contributed by atoms with Crippen LogP contribution in [0.2, 0.25) is 0 Å². The maximum atomic E-state index is 12.0. The first-order chi connectivity index (χ1) is 8.68. The summed E-state index contributed by atoms with van der Waals surface area (Å²) in [6.45, 7) is 0.630. The number of carbonyl (C=O) groups is 1. The van der Waals surface area contributed by atoms with Gasteiger partial charge in [0.15, 0.2) is 0 Å². The molecule has 0 bridgehead atoms. The van der Waals surface area contributed by atoms with Gasteiger partial charge in [-0.1, -0.05) is 36.8 Å². The molecule has 1 aromatic rings. The zero-order valence-electron chi connectivity index (χ0n) is 10.4. The molecular weight excluding hydrogens is 228 g/mol. The van der Waals surface area contributed by atoms with E-state index < -0.39 is 6.10 Å². The van der Waals surface area contributed by atoms with Gasteiger partial charge in [-0.3, -0.25) is 4.79 Å². The summed E-state index contributed by atoms with van der Waals surface area (Å²) < 4.78 is 0. The number of carbonyl (C=O) groups excluding carboxylic acids is 1. The van der Waals surface area contributed by atoms with E-state index in [1.54, 1.807) is 0 Å². The fraction of sp³-hybridized carbons (Fsp3) is 0.500. The largest absolute Gasteiger partial charge is 0.387 e. The van der Waals surface area contributed by atoms with Crippen LogP contribution >= 0.6 is 0 Å². The molecule has 0 spiro atoms. The number of rotatable bonds is 5. The number of nitrogens with two attached hydrogens (primary N) is 1. The highest BCUT2D eigenvalue weighted by Crippen LogP contribution is 2.40. The van der Waals surface area contributed by atoms with Gasteiger partial charge in [0.2, 0.25) is 5.91 Å². The van der Waals surface area contributed by atoms with Crippen molar-refractivity contribution in [3.63, 3.8) is 0 Å². The molecule has 1 atom stereocenters. The van der Waals surface area contributed by atoms with E-state index in [0.29, 0.717) is 6.54 Å². The van der Waals surface area contributed by atoms with Gasteiger partial charge in [0.1, 0.15) is 0 Å². The quantitative estimate of drug-likeness (QED) is 0.726. The Morgan fingerprint density at radius 1 is 1.39 bits per heavy atom. The standard InChI is InChI=1S/C14H20N2O2/c15-10-14(7-4-8-14)13(18)16-9-12(17)11-5-2-1-3-6-11/h1-3,5-6,12,17H,4,7-10,15H2,(H,16,18). The van der Waals surface area contributed by atoms with E-state index in [4.69, 9.17) is 5.73 Å². The van der Waals surface area contributed by atoms with E-state index in [0.717, 1.165) is 24.8 Å². The van der Waals surface area contributed by atoms with Crippen LogP contribution in [0, 0.1) is 5.41 Å². The highest BCUT2D eigenvalue weighted by atomic mass is 16.3. The number of aliphatic hydroxyl groups excluding tert-OH is 1. The van der Waals surface area contributed by atoms with Crippen LogP contribution < -0.4 is 11.1 Å². The molecule has 4 nitrogen and oxygen atoms in total. The molecule has 2 rings (SSSR count).